The lowest BCUT2D eigenvalue weighted by Gasteiger charge is -2.24. The van der Waals surface area contributed by atoms with Crippen molar-refractivity contribution in [1.29, 1.82) is 0 Å². The van der Waals surface area contributed by atoms with Gasteiger partial charge in [0.1, 0.15) is 5.82 Å². The molecular formula is C15H22FNO2. The number of benzene rings is 1. The summed E-state index contributed by atoms with van der Waals surface area (Å²) in [6.07, 6.45) is 0.867. The summed E-state index contributed by atoms with van der Waals surface area (Å²) in [4.78, 5) is 12.0. The molecule has 1 aromatic carbocycles. The number of hydrogen-bond acceptors (Lipinski definition) is 2. The molecule has 3 nitrogen and oxygen atoms in total. The van der Waals surface area contributed by atoms with Gasteiger partial charge in [0.05, 0.1) is 0 Å². The molecule has 0 bridgehead atoms. The highest BCUT2D eigenvalue weighted by Crippen LogP contribution is 2.19. The normalized spacial score (nSPS) is 11.4. The van der Waals surface area contributed by atoms with E-state index in [4.69, 9.17) is 4.74 Å². The second kappa shape index (κ2) is 6.66. The van der Waals surface area contributed by atoms with E-state index >= 15 is 0 Å². The van der Waals surface area contributed by atoms with Crippen LogP contribution in [0.5, 0.6) is 0 Å². The Hall–Kier alpha value is -1.42. The van der Waals surface area contributed by atoms with Crippen LogP contribution in [0, 0.1) is 18.2 Å². The summed E-state index contributed by atoms with van der Waals surface area (Å²) in [5.41, 5.74) is 1.13. The van der Waals surface area contributed by atoms with Crippen LogP contribution in [-0.2, 0) is 4.74 Å². The molecule has 0 aliphatic rings. The molecular weight excluding hydrogens is 245 g/mol. The van der Waals surface area contributed by atoms with Crippen LogP contribution in [0.25, 0.3) is 0 Å². The molecule has 0 saturated heterocycles. The molecule has 106 valence electrons. The zero-order valence-electron chi connectivity index (χ0n) is 12.0. The summed E-state index contributed by atoms with van der Waals surface area (Å²) >= 11 is 0. The van der Waals surface area contributed by atoms with Crippen LogP contribution in [0.3, 0.4) is 0 Å². The first-order chi connectivity index (χ1) is 8.85. The Morgan fingerprint density at radius 1 is 1.42 bits per heavy atom. The van der Waals surface area contributed by atoms with Crippen molar-refractivity contribution in [3.63, 3.8) is 0 Å². The predicted octanol–water partition coefficient (Wildman–Crippen LogP) is 2.93. The molecule has 1 rings (SSSR count). The molecule has 0 aromatic heterocycles. The molecule has 0 spiro atoms. The first-order valence-electron chi connectivity index (χ1n) is 6.39. The summed E-state index contributed by atoms with van der Waals surface area (Å²) < 4.78 is 18.0. The first-order valence-corrected chi connectivity index (χ1v) is 6.39. The SMILES string of the molecule is COCCC(C)(C)CNC(=O)c1ccc(F)cc1C. The van der Waals surface area contributed by atoms with Crippen LogP contribution in [0.15, 0.2) is 18.2 Å². The first kappa shape index (κ1) is 15.6. The molecule has 0 radical (unpaired) electrons. The Morgan fingerprint density at radius 3 is 2.68 bits per heavy atom. The molecule has 1 aromatic rings. The van der Waals surface area contributed by atoms with E-state index in [2.05, 4.69) is 19.2 Å². The Morgan fingerprint density at radius 2 is 2.11 bits per heavy atom. The van der Waals surface area contributed by atoms with E-state index in [0.29, 0.717) is 24.3 Å². The van der Waals surface area contributed by atoms with E-state index in [1.807, 2.05) is 0 Å². The van der Waals surface area contributed by atoms with Gasteiger partial charge in [-0.05, 0) is 42.5 Å². The maximum Gasteiger partial charge on any atom is 0.251 e. The van der Waals surface area contributed by atoms with Crippen LogP contribution >= 0.6 is 0 Å². The summed E-state index contributed by atoms with van der Waals surface area (Å²) in [7, 11) is 1.66. The third-order valence-corrected chi connectivity index (χ3v) is 3.14. The minimum Gasteiger partial charge on any atom is -0.385 e. The highest BCUT2D eigenvalue weighted by atomic mass is 19.1. The minimum absolute atomic E-state index is 0.0282. The molecule has 0 unspecified atom stereocenters. The summed E-state index contributed by atoms with van der Waals surface area (Å²) in [5.74, 6) is -0.488. The summed E-state index contributed by atoms with van der Waals surface area (Å²) in [6, 6.07) is 4.19. The number of aryl methyl sites for hydroxylation is 1. The van der Waals surface area contributed by atoms with Crippen LogP contribution in [0.1, 0.15) is 36.2 Å². The fourth-order valence-corrected chi connectivity index (χ4v) is 1.76. The van der Waals surface area contributed by atoms with Gasteiger partial charge in [0.25, 0.3) is 5.91 Å². The molecule has 0 saturated carbocycles. The molecule has 4 heteroatoms. The van der Waals surface area contributed by atoms with Crippen LogP contribution in [-0.4, -0.2) is 26.2 Å². The maximum atomic E-state index is 13.0. The summed E-state index contributed by atoms with van der Waals surface area (Å²) in [6.45, 7) is 7.10. The molecule has 0 aliphatic carbocycles. The Labute approximate surface area is 114 Å². The van der Waals surface area contributed by atoms with Gasteiger partial charge in [0.15, 0.2) is 0 Å². The van der Waals surface area contributed by atoms with Crippen molar-refractivity contribution in [2.24, 2.45) is 5.41 Å². The van der Waals surface area contributed by atoms with E-state index in [1.54, 1.807) is 14.0 Å². The third-order valence-electron chi connectivity index (χ3n) is 3.14. The standard InChI is InChI=1S/C15H22FNO2/c1-11-9-12(16)5-6-13(11)14(18)17-10-15(2,3)7-8-19-4/h5-6,9H,7-8,10H2,1-4H3,(H,17,18). The van der Waals surface area contributed by atoms with E-state index in [9.17, 15) is 9.18 Å². The predicted molar refractivity (Wildman–Crippen MR) is 73.7 cm³/mol. The molecule has 1 amide bonds. The lowest BCUT2D eigenvalue weighted by Crippen LogP contribution is -2.35. The van der Waals surface area contributed by atoms with Crippen molar-refractivity contribution in [2.45, 2.75) is 27.2 Å². The zero-order chi connectivity index (χ0) is 14.5. The number of methoxy groups -OCH3 is 1. The topological polar surface area (TPSA) is 38.3 Å². The quantitative estimate of drug-likeness (QED) is 0.860. The van der Waals surface area contributed by atoms with Crippen molar-refractivity contribution < 1.29 is 13.9 Å². The van der Waals surface area contributed by atoms with Gasteiger partial charge in [0.2, 0.25) is 0 Å². The number of ether oxygens (including phenoxy) is 1. The van der Waals surface area contributed by atoms with Crippen molar-refractivity contribution in [2.75, 3.05) is 20.3 Å². The van der Waals surface area contributed by atoms with E-state index in [0.717, 1.165) is 6.42 Å². The average Bonchev–Trinajstić information content (AvgIpc) is 2.34. The molecule has 19 heavy (non-hydrogen) atoms. The van der Waals surface area contributed by atoms with Crippen molar-refractivity contribution in [1.82, 2.24) is 5.32 Å². The van der Waals surface area contributed by atoms with Crippen LogP contribution in [0.2, 0.25) is 0 Å². The number of amides is 1. The fraction of sp³-hybridized carbons (Fsp3) is 0.533. The van der Waals surface area contributed by atoms with Crippen LogP contribution in [0.4, 0.5) is 4.39 Å². The molecule has 0 heterocycles. The fourth-order valence-electron chi connectivity index (χ4n) is 1.76. The van der Waals surface area contributed by atoms with Crippen LogP contribution < -0.4 is 5.32 Å². The lowest BCUT2D eigenvalue weighted by molar-refractivity contribution is 0.0920. The molecule has 0 fully saturated rings. The van der Waals surface area contributed by atoms with Gasteiger partial charge in [-0.25, -0.2) is 4.39 Å². The minimum atomic E-state index is -0.325. The summed E-state index contributed by atoms with van der Waals surface area (Å²) in [5, 5.41) is 2.89. The van der Waals surface area contributed by atoms with Gasteiger partial charge in [0, 0.05) is 25.8 Å². The molecule has 1 N–H and O–H groups in total. The zero-order valence-corrected chi connectivity index (χ0v) is 12.0. The largest absolute Gasteiger partial charge is 0.385 e. The van der Waals surface area contributed by atoms with Crippen molar-refractivity contribution in [3.05, 3.63) is 35.1 Å². The van der Waals surface area contributed by atoms with Gasteiger partial charge in [-0.2, -0.15) is 0 Å². The van der Waals surface area contributed by atoms with Gasteiger partial charge in [-0.1, -0.05) is 13.8 Å². The molecule has 0 atom stereocenters. The van der Waals surface area contributed by atoms with Crippen molar-refractivity contribution in [3.8, 4) is 0 Å². The van der Waals surface area contributed by atoms with Gasteiger partial charge in [-0.15, -0.1) is 0 Å². The number of carbonyl (C=O) groups is 1. The average molecular weight is 267 g/mol. The van der Waals surface area contributed by atoms with E-state index in [1.165, 1.54) is 18.2 Å². The maximum absolute atomic E-state index is 13.0. The van der Waals surface area contributed by atoms with Gasteiger partial charge < -0.3 is 10.1 Å². The number of rotatable bonds is 6. The molecule has 0 aliphatic heterocycles. The van der Waals surface area contributed by atoms with Gasteiger partial charge >= 0.3 is 0 Å². The highest BCUT2D eigenvalue weighted by Gasteiger charge is 2.19. The number of halogens is 1. The Kier molecular flexibility index (Phi) is 5.48. The van der Waals surface area contributed by atoms with Crippen molar-refractivity contribution >= 4 is 5.91 Å². The van der Waals surface area contributed by atoms with E-state index in [-0.39, 0.29) is 17.1 Å². The monoisotopic (exact) mass is 267 g/mol. The second-order valence-corrected chi connectivity index (χ2v) is 5.55. The van der Waals surface area contributed by atoms with Gasteiger partial charge in [-0.3, -0.25) is 4.79 Å². The number of carbonyl (C=O) groups excluding carboxylic acids is 1. The Bertz CT molecular complexity index is 444. The third kappa shape index (κ3) is 4.99. The second-order valence-electron chi connectivity index (χ2n) is 5.55. The number of hydrogen-bond donors (Lipinski definition) is 1. The lowest BCUT2D eigenvalue weighted by atomic mass is 9.89. The highest BCUT2D eigenvalue weighted by molar-refractivity contribution is 5.95. The van der Waals surface area contributed by atoms with E-state index < -0.39 is 0 Å². The smallest absolute Gasteiger partial charge is 0.251 e. The number of nitrogens with one attached hydrogen (secondary N) is 1. The Balaban J connectivity index is 2.60.